The molecule has 0 fully saturated rings. The van der Waals surface area contributed by atoms with Crippen molar-refractivity contribution in [2.75, 3.05) is 5.73 Å². The fourth-order valence-corrected chi connectivity index (χ4v) is 1.84. The van der Waals surface area contributed by atoms with Crippen LogP contribution in [-0.2, 0) is 0 Å². The second kappa shape index (κ2) is 3.48. The molecule has 0 spiro atoms. The van der Waals surface area contributed by atoms with Gasteiger partial charge in [0.1, 0.15) is 11.1 Å². The third-order valence-corrected chi connectivity index (χ3v) is 2.67. The van der Waals surface area contributed by atoms with Gasteiger partial charge in [-0.05, 0) is 24.3 Å². The number of aromatic nitrogens is 1. The second-order valence-corrected chi connectivity index (χ2v) is 3.63. The molecule has 2 aromatic rings. The van der Waals surface area contributed by atoms with Crippen LogP contribution in [-0.4, -0.2) is 4.98 Å². The SMILES string of the molecule is N#Cc1csc(-c2ccc(N)cc2)n1. The zero-order chi connectivity index (χ0) is 9.97. The predicted molar refractivity (Wildman–Crippen MR) is 56.7 cm³/mol. The number of hydrogen-bond acceptors (Lipinski definition) is 4. The van der Waals surface area contributed by atoms with Gasteiger partial charge in [0, 0.05) is 16.6 Å². The Morgan fingerprint density at radius 2 is 2.00 bits per heavy atom. The maximum atomic E-state index is 8.62. The summed E-state index contributed by atoms with van der Waals surface area (Å²) in [6.45, 7) is 0. The van der Waals surface area contributed by atoms with E-state index in [0.717, 1.165) is 16.3 Å². The molecule has 0 radical (unpaired) electrons. The Bertz CT molecular complexity index is 479. The van der Waals surface area contributed by atoms with Gasteiger partial charge in [-0.2, -0.15) is 5.26 Å². The van der Waals surface area contributed by atoms with Gasteiger partial charge in [-0.25, -0.2) is 4.98 Å². The minimum atomic E-state index is 0.460. The first-order valence-electron chi connectivity index (χ1n) is 4.01. The standard InChI is InChI=1S/C10H7N3S/c11-5-9-6-14-10(13-9)7-1-3-8(12)4-2-7/h1-4,6H,12H2. The molecular formula is C10H7N3S. The quantitative estimate of drug-likeness (QED) is 0.720. The number of nitriles is 1. The summed E-state index contributed by atoms with van der Waals surface area (Å²) in [7, 11) is 0. The van der Waals surface area contributed by atoms with Crippen LogP contribution in [0.3, 0.4) is 0 Å². The Labute approximate surface area is 85.4 Å². The number of thiazole rings is 1. The number of hydrogen-bond donors (Lipinski definition) is 1. The fourth-order valence-electron chi connectivity index (χ4n) is 1.08. The highest BCUT2D eigenvalue weighted by Gasteiger charge is 2.03. The third kappa shape index (κ3) is 1.58. The van der Waals surface area contributed by atoms with Crippen molar-refractivity contribution in [1.82, 2.24) is 4.98 Å². The Hall–Kier alpha value is -1.86. The van der Waals surface area contributed by atoms with E-state index in [4.69, 9.17) is 11.0 Å². The van der Waals surface area contributed by atoms with Crippen LogP contribution in [0.25, 0.3) is 10.6 Å². The first-order valence-corrected chi connectivity index (χ1v) is 4.89. The van der Waals surface area contributed by atoms with Gasteiger partial charge in [0.2, 0.25) is 0 Å². The van der Waals surface area contributed by atoms with E-state index in [-0.39, 0.29) is 0 Å². The lowest BCUT2D eigenvalue weighted by Gasteiger charge is -1.95. The number of anilines is 1. The van der Waals surface area contributed by atoms with Crippen LogP contribution in [0.4, 0.5) is 5.69 Å². The van der Waals surface area contributed by atoms with E-state index in [2.05, 4.69) is 4.98 Å². The number of nitrogens with zero attached hydrogens (tertiary/aromatic N) is 2. The largest absolute Gasteiger partial charge is 0.399 e. The van der Waals surface area contributed by atoms with Crippen molar-refractivity contribution >= 4 is 17.0 Å². The average Bonchev–Trinajstić information content (AvgIpc) is 2.67. The van der Waals surface area contributed by atoms with Crippen LogP contribution in [0.2, 0.25) is 0 Å². The van der Waals surface area contributed by atoms with E-state index in [0.29, 0.717) is 5.69 Å². The summed E-state index contributed by atoms with van der Waals surface area (Å²) < 4.78 is 0. The third-order valence-electron chi connectivity index (χ3n) is 1.78. The van der Waals surface area contributed by atoms with Crippen LogP contribution < -0.4 is 5.73 Å². The minimum Gasteiger partial charge on any atom is -0.399 e. The van der Waals surface area contributed by atoms with Crippen molar-refractivity contribution in [3.8, 4) is 16.6 Å². The van der Waals surface area contributed by atoms with Gasteiger partial charge >= 0.3 is 0 Å². The van der Waals surface area contributed by atoms with Gasteiger partial charge in [-0.1, -0.05) is 0 Å². The molecule has 1 heterocycles. The lowest BCUT2D eigenvalue weighted by molar-refractivity contribution is 1.33. The first kappa shape index (κ1) is 8.73. The Balaban J connectivity index is 2.40. The molecule has 4 heteroatoms. The predicted octanol–water partition coefficient (Wildman–Crippen LogP) is 2.26. The normalized spacial score (nSPS) is 9.64. The van der Waals surface area contributed by atoms with Crippen molar-refractivity contribution in [2.24, 2.45) is 0 Å². The monoisotopic (exact) mass is 201 g/mol. The Morgan fingerprint density at radius 3 is 2.57 bits per heavy atom. The summed E-state index contributed by atoms with van der Waals surface area (Å²) >= 11 is 1.46. The smallest absolute Gasteiger partial charge is 0.152 e. The minimum absolute atomic E-state index is 0.460. The van der Waals surface area contributed by atoms with Gasteiger partial charge in [-0.15, -0.1) is 11.3 Å². The Kier molecular flexibility index (Phi) is 2.17. The van der Waals surface area contributed by atoms with Gasteiger partial charge in [0.15, 0.2) is 5.69 Å². The van der Waals surface area contributed by atoms with Crippen molar-refractivity contribution in [2.45, 2.75) is 0 Å². The van der Waals surface area contributed by atoms with E-state index in [1.54, 1.807) is 5.38 Å². The molecule has 1 aromatic heterocycles. The molecule has 0 aliphatic rings. The molecular weight excluding hydrogens is 194 g/mol. The lowest BCUT2D eigenvalue weighted by atomic mass is 10.2. The number of nitrogen functional groups attached to an aromatic ring is 1. The van der Waals surface area contributed by atoms with Crippen molar-refractivity contribution < 1.29 is 0 Å². The summed E-state index contributed by atoms with van der Waals surface area (Å²) in [6, 6.07) is 9.44. The molecule has 0 bridgehead atoms. The highest BCUT2D eigenvalue weighted by Crippen LogP contribution is 2.23. The van der Waals surface area contributed by atoms with Crippen LogP contribution in [0.1, 0.15) is 5.69 Å². The van der Waals surface area contributed by atoms with Gasteiger partial charge in [0.25, 0.3) is 0 Å². The van der Waals surface area contributed by atoms with E-state index >= 15 is 0 Å². The number of nitrogens with two attached hydrogens (primary N) is 1. The van der Waals surface area contributed by atoms with Crippen LogP contribution >= 0.6 is 11.3 Å². The van der Waals surface area contributed by atoms with Crippen molar-refractivity contribution in [3.63, 3.8) is 0 Å². The van der Waals surface area contributed by atoms with E-state index in [1.165, 1.54) is 11.3 Å². The zero-order valence-electron chi connectivity index (χ0n) is 7.27. The van der Waals surface area contributed by atoms with Crippen LogP contribution in [0.5, 0.6) is 0 Å². The average molecular weight is 201 g/mol. The van der Waals surface area contributed by atoms with Crippen molar-refractivity contribution in [3.05, 3.63) is 35.3 Å². The zero-order valence-corrected chi connectivity index (χ0v) is 8.08. The fraction of sp³-hybridized carbons (Fsp3) is 0. The molecule has 3 nitrogen and oxygen atoms in total. The second-order valence-electron chi connectivity index (χ2n) is 2.77. The van der Waals surface area contributed by atoms with Gasteiger partial charge in [-0.3, -0.25) is 0 Å². The molecule has 0 aliphatic heterocycles. The van der Waals surface area contributed by atoms with Crippen LogP contribution in [0, 0.1) is 11.3 Å². The van der Waals surface area contributed by atoms with Gasteiger partial charge in [0.05, 0.1) is 0 Å². The molecule has 1 aromatic carbocycles. The summed E-state index contributed by atoms with van der Waals surface area (Å²) in [4.78, 5) is 4.15. The topological polar surface area (TPSA) is 62.7 Å². The molecule has 2 N–H and O–H groups in total. The lowest BCUT2D eigenvalue weighted by Crippen LogP contribution is -1.83. The molecule has 0 atom stereocenters. The molecule has 0 amide bonds. The first-order chi connectivity index (χ1) is 6.79. The molecule has 2 rings (SSSR count). The molecule has 0 saturated carbocycles. The van der Waals surface area contributed by atoms with E-state index < -0.39 is 0 Å². The van der Waals surface area contributed by atoms with Crippen molar-refractivity contribution in [1.29, 1.82) is 5.26 Å². The highest BCUT2D eigenvalue weighted by atomic mass is 32.1. The number of benzene rings is 1. The van der Waals surface area contributed by atoms with E-state index in [1.807, 2.05) is 30.3 Å². The number of rotatable bonds is 1. The Morgan fingerprint density at radius 1 is 1.29 bits per heavy atom. The molecule has 68 valence electrons. The molecule has 0 unspecified atom stereocenters. The van der Waals surface area contributed by atoms with E-state index in [9.17, 15) is 0 Å². The summed E-state index contributed by atoms with van der Waals surface area (Å²) in [5, 5.41) is 11.2. The summed E-state index contributed by atoms with van der Waals surface area (Å²) in [5.74, 6) is 0. The maximum absolute atomic E-state index is 8.62. The molecule has 0 aliphatic carbocycles. The van der Waals surface area contributed by atoms with Crippen LogP contribution in [0.15, 0.2) is 29.6 Å². The summed E-state index contributed by atoms with van der Waals surface area (Å²) in [5.41, 5.74) is 7.75. The highest BCUT2D eigenvalue weighted by molar-refractivity contribution is 7.13. The summed E-state index contributed by atoms with van der Waals surface area (Å²) in [6.07, 6.45) is 0. The van der Waals surface area contributed by atoms with Gasteiger partial charge < -0.3 is 5.73 Å². The maximum Gasteiger partial charge on any atom is 0.152 e. The molecule has 0 saturated heterocycles. The molecule has 14 heavy (non-hydrogen) atoms.